The zero-order valence-electron chi connectivity index (χ0n) is 20.3. The van der Waals surface area contributed by atoms with Crippen molar-refractivity contribution in [3.8, 4) is 0 Å². The van der Waals surface area contributed by atoms with Gasteiger partial charge in [0.2, 0.25) is 0 Å². The number of piperidine rings is 1. The molecule has 0 spiro atoms. The minimum absolute atomic E-state index is 0.225. The molecule has 1 amide bonds. The monoisotopic (exact) mass is 459 g/mol. The molecule has 5 heteroatoms. The van der Waals surface area contributed by atoms with Crippen molar-refractivity contribution < 1.29 is 9.21 Å². The van der Waals surface area contributed by atoms with E-state index in [-0.39, 0.29) is 5.91 Å². The van der Waals surface area contributed by atoms with Crippen LogP contribution in [0.3, 0.4) is 0 Å². The van der Waals surface area contributed by atoms with E-state index in [1.165, 1.54) is 44.9 Å². The Morgan fingerprint density at radius 3 is 2.29 bits per heavy atom. The highest BCUT2D eigenvalue weighted by atomic mass is 16.3. The number of para-hydroxylation sites is 3. The Kier molecular flexibility index (Phi) is 6.91. The van der Waals surface area contributed by atoms with Gasteiger partial charge in [-0.15, -0.1) is 0 Å². The molecule has 5 rings (SSSR count). The average Bonchev–Trinajstić information content (AvgIpc) is 3.28. The standard InChI is InChI=1S/C29H37N3O2/c1-29(17-9-3-2-4-10-18-29)32-19-15-23(16-20-32)30-24-12-6-7-13-25(24)31-28(33)27-21-22-11-5-8-14-26(22)34-27/h5-8,11-14,21,23,30H,2-4,9-10,15-20H2,1H3,(H,31,33). The van der Waals surface area contributed by atoms with Crippen molar-refractivity contribution in [2.45, 2.75) is 76.3 Å². The van der Waals surface area contributed by atoms with Gasteiger partial charge in [-0.3, -0.25) is 9.69 Å². The fourth-order valence-corrected chi connectivity index (χ4v) is 5.76. The SMILES string of the molecule is CC1(N2CCC(Nc3ccccc3NC(=O)c3cc4ccccc4o3)CC2)CCCCCCC1. The van der Waals surface area contributed by atoms with Gasteiger partial charge in [0.1, 0.15) is 5.58 Å². The van der Waals surface area contributed by atoms with E-state index in [1.54, 1.807) is 6.07 Å². The Bertz CT molecular complexity index is 1070. The van der Waals surface area contributed by atoms with Gasteiger partial charge in [0.05, 0.1) is 11.4 Å². The van der Waals surface area contributed by atoms with Crippen molar-refractivity contribution in [3.05, 3.63) is 60.4 Å². The van der Waals surface area contributed by atoms with E-state index in [9.17, 15) is 4.79 Å². The molecule has 2 fully saturated rings. The van der Waals surface area contributed by atoms with E-state index >= 15 is 0 Å². The maximum absolute atomic E-state index is 12.9. The number of hydrogen-bond donors (Lipinski definition) is 2. The molecule has 2 heterocycles. The van der Waals surface area contributed by atoms with Crippen LogP contribution in [0.25, 0.3) is 11.0 Å². The summed E-state index contributed by atoms with van der Waals surface area (Å²) in [4.78, 5) is 15.7. The number of amides is 1. The molecule has 3 aromatic rings. The van der Waals surface area contributed by atoms with Gasteiger partial charge in [0.15, 0.2) is 5.76 Å². The number of carbonyl (C=O) groups is 1. The largest absolute Gasteiger partial charge is 0.451 e. The molecule has 2 aliphatic rings. The lowest BCUT2D eigenvalue weighted by Gasteiger charge is -2.46. The second kappa shape index (κ2) is 10.2. The third kappa shape index (κ3) is 5.15. The van der Waals surface area contributed by atoms with Crippen LogP contribution in [-0.2, 0) is 0 Å². The van der Waals surface area contributed by atoms with E-state index in [4.69, 9.17) is 4.42 Å². The van der Waals surface area contributed by atoms with Crippen molar-refractivity contribution in [1.82, 2.24) is 4.90 Å². The number of nitrogens with one attached hydrogen (secondary N) is 2. The van der Waals surface area contributed by atoms with Crippen molar-refractivity contribution in [3.63, 3.8) is 0 Å². The van der Waals surface area contributed by atoms with Crippen LogP contribution in [0.1, 0.15) is 75.3 Å². The van der Waals surface area contributed by atoms with Gasteiger partial charge >= 0.3 is 0 Å². The number of fused-ring (bicyclic) bond motifs is 1. The Morgan fingerprint density at radius 2 is 1.56 bits per heavy atom. The van der Waals surface area contributed by atoms with Gasteiger partial charge in [0.25, 0.3) is 5.91 Å². The fourth-order valence-electron chi connectivity index (χ4n) is 5.76. The fraction of sp³-hybridized carbons (Fsp3) is 0.483. The number of carbonyl (C=O) groups excluding carboxylic acids is 1. The van der Waals surface area contributed by atoms with Crippen LogP contribution in [0, 0.1) is 0 Å². The minimum Gasteiger partial charge on any atom is -0.451 e. The van der Waals surface area contributed by atoms with Gasteiger partial charge in [-0.2, -0.15) is 0 Å². The molecule has 1 aromatic heterocycles. The first-order valence-electron chi connectivity index (χ1n) is 13.0. The minimum atomic E-state index is -0.225. The molecular formula is C29H37N3O2. The summed E-state index contributed by atoms with van der Waals surface area (Å²) in [6.07, 6.45) is 11.9. The van der Waals surface area contributed by atoms with Crippen molar-refractivity contribution in [2.24, 2.45) is 0 Å². The second-order valence-electron chi connectivity index (χ2n) is 10.3. The normalized spacial score (nSPS) is 19.9. The first kappa shape index (κ1) is 23.0. The summed E-state index contributed by atoms with van der Waals surface area (Å²) in [6.45, 7) is 4.78. The van der Waals surface area contributed by atoms with Crippen molar-refractivity contribution in [1.29, 1.82) is 0 Å². The highest BCUT2D eigenvalue weighted by Gasteiger charge is 2.34. The molecule has 0 unspecified atom stereocenters. The maximum Gasteiger partial charge on any atom is 0.291 e. The number of benzene rings is 2. The summed E-state index contributed by atoms with van der Waals surface area (Å²) in [5.41, 5.74) is 2.86. The predicted molar refractivity (Wildman–Crippen MR) is 140 cm³/mol. The Morgan fingerprint density at radius 1 is 0.912 bits per heavy atom. The molecule has 0 atom stereocenters. The maximum atomic E-state index is 12.9. The summed E-state index contributed by atoms with van der Waals surface area (Å²) < 4.78 is 5.75. The van der Waals surface area contributed by atoms with Gasteiger partial charge in [0, 0.05) is 30.1 Å². The molecular weight excluding hydrogens is 422 g/mol. The molecule has 0 radical (unpaired) electrons. The van der Waals surface area contributed by atoms with Gasteiger partial charge in [-0.25, -0.2) is 0 Å². The molecule has 5 nitrogen and oxygen atoms in total. The summed E-state index contributed by atoms with van der Waals surface area (Å²) in [6, 6.07) is 17.9. The van der Waals surface area contributed by atoms with E-state index < -0.39 is 0 Å². The van der Waals surface area contributed by atoms with Crippen LogP contribution >= 0.6 is 0 Å². The van der Waals surface area contributed by atoms with Gasteiger partial charge in [-0.1, -0.05) is 62.4 Å². The summed E-state index contributed by atoms with van der Waals surface area (Å²) >= 11 is 0. The number of rotatable bonds is 5. The van der Waals surface area contributed by atoms with Gasteiger partial charge < -0.3 is 15.1 Å². The van der Waals surface area contributed by atoms with E-state index in [0.717, 1.165) is 48.3 Å². The van der Waals surface area contributed by atoms with Crippen molar-refractivity contribution >= 4 is 28.3 Å². The van der Waals surface area contributed by atoms with Crippen molar-refractivity contribution in [2.75, 3.05) is 23.7 Å². The van der Waals surface area contributed by atoms with Crippen LogP contribution < -0.4 is 10.6 Å². The number of likely N-dealkylation sites (tertiary alicyclic amines) is 1. The zero-order valence-corrected chi connectivity index (χ0v) is 20.3. The molecule has 2 aromatic carbocycles. The van der Waals surface area contributed by atoms with Crippen LogP contribution in [0.5, 0.6) is 0 Å². The first-order chi connectivity index (χ1) is 16.6. The third-order valence-corrected chi connectivity index (χ3v) is 7.87. The number of furan rings is 1. The van der Waals surface area contributed by atoms with Crippen LogP contribution in [0.15, 0.2) is 59.0 Å². The predicted octanol–water partition coefficient (Wildman–Crippen LogP) is 7.06. The summed E-state index contributed by atoms with van der Waals surface area (Å²) in [5.74, 6) is 0.106. The second-order valence-corrected chi connectivity index (χ2v) is 10.3. The van der Waals surface area contributed by atoms with E-state index in [1.807, 2.05) is 42.5 Å². The lowest BCUT2D eigenvalue weighted by atomic mass is 9.82. The summed E-state index contributed by atoms with van der Waals surface area (Å²) in [5, 5.41) is 7.70. The number of nitrogens with zero attached hydrogens (tertiary/aromatic N) is 1. The molecule has 1 saturated heterocycles. The van der Waals surface area contributed by atoms with Gasteiger partial charge in [-0.05, 0) is 56.9 Å². The first-order valence-corrected chi connectivity index (χ1v) is 13.0. The van der Waals surface area contributed by atoms with Crippen LogP contribution in [-0.4, -0.2) is 35.5 Å². The molecule has 2 N–H and O–H groups in total. The van der Waals surface area contributed by atoms with E-state index in [2.05, 4.69) is 28.5 Å². The lowest BCUT2D eigenvalue weighted by Crippen LogP contribution is -2.52. The molecule has 1 saturated carbocycles. The Labute approximate surface area is 202 Å². The Hall–Kier alpha value is -2.79. The van der Waals surface area contributed by atoms with E-state index in [0.29, 0.717) is 17.3 Å². The third-order valence-electron chi connectivity index (χ3n) is 7.87. The lowest BCUT2D eigenvalue weighted by molar-refractivity contribution is 0.0542. The molecule has 1 aliphatic heterocycles. The topological polar surface area (TPSA) is 57.5 Å². The average molecular weight is 460 g/mol. The Balaban J connectivity index is 1.21. The number of anilines is 2. The smallest absolute Gasteiger partial charge is 0.291 e. The highest BCUT2D eigenvalue weighted by Crippen LogP contribution is 2.34. The van der Waals surface area contributed by atoms with Crippen LogP contribution in [0.4, 0.5) is 11.4 Å². The summed E-state index contributed by atoms with van der Waals surface area (Å²) in [7, 11) is 0. The molecule has 1 aliphatic carbocycles. The zero-order chi connectivity index (χ0) is 23.4. The van der Waals surface area contributed by atoms with Crippen LogP contribution in [0.2, 0.25) is 0 Å². The molecule has 34 heavy (non-hydrogen) atoms. The molecule has 0 bridgehead atoms. The highest BCUT2D eigenvalue weighted by molar-refractivity contribution is 6.06. The number of hydrogen-bond acceptors (Lipinski definition) is 4. The molecule has 180 valence electrons. The quantitative estimate of drug-likeness (QED) is 0.429.